The Labute approximate surface area is 137 Å². The summed E-state index contributed by atoms with van der Waals surface area (Å²) in [6.07, 6.45) is 0. The van der Waals surface area contributed by atoms with Crippen molar-refractivity contribution in [1.82, 2.24) is 0 Å². The van der Waals surface area contributed by atoms with E-state index in [0.717, 1.165) is 15.8 Å². The van der Waals surface area contributed by atoms with Crippen LogP contribution < -0.4 is 14.2 Å². The topological polar surface area (TPSA) is 27.7 Å². The molecule has 0 spiro atoms. The van der Waals surface area contributed by atoms with Crippen LogP contribution in [0.5, 0.6) is 17.2 Å². The average Bonchev–Trinajstić information content (AvgIpc) is 2.52. The average molecular weight is 372 g/mol. The van der Waals surface area contributed by atoms with E-state index in [9.17, 15) is 0 Å². The van der Waals surface area contributed by atoms with Crippen LogP contribution in [0.25, 0.3) is 0 Å². The van der Waals surface area contributed by atoms with Gasteiger partial charge in [-0.2, -0.15) is 0 Å². The maximum atomic E-state index is 5.90. The van der Waals surface area contributed by atoms with Gasteiger partial charge in [0.15, 0.2) is 11.5 Å². The van der Waals surface area contributed by atoms with Crippen molar-refractivity contribution in [2.45, 2.75) is 5.88 Å². The van der Waals surface area contributed by atoms with E-state index in [-0.39, 0.29) is 0 Å². The summed E-state index contributed by atoms with van der Waals surface area (Å²) >= 11 is 9.32. The van der Waals surface area contributed by atoms with Crippen LogP contribution in [-0.2, 0) is 5.88 Å². The van der Waals surface area contributed by atoms with Crippen LogP contribution in [0.3, 0.4) is 0 Å². The first-order valence-corrected chi connectivity index (χ1v) is 7.80. The van der Waals surface area contributed by atoms with Crippen molar-refractivity contribution in [2.24, 2.45) is 0 Å². The molecule has 3 nitrogen and oxygen atoms in total. The molecule has 0 aliphatic carbocycles. The Bertz CT molecular complexity index is 589. The second-order valence-corrected chi connectivity index (χ2v) is 5.42. The first-order valence-electron chi connectivity index (χ1n) is 6.47. The Morgan fingerprint density at radius 3 is 2.29 bits per heavy atom. The predicted molar refractivity (Wildman–Crippen MR) is 87.7 cm³/mol. The molecule has 0 aromatic heterocycles. The normalized spacial score (nSPS) is 10.2. The SMILES string of the molecule is COc1ccccc1OCCOc1ccc(Br)cc1CCl. The van der Waals surface area contributed by atoms with Crippen LogP contribution in [0.4, 0.5) is 0 Å². The number of para-hydroxylation sites is 2. The highest BCUT2D eigenvalue weighted by molar-refractivity contribution is 9.10. The van der Waals surface area contributed by atoms with E-state index in [4.69, 9.17) is 25.8 Å². The highest BCUT2D eigenvalue weighted by atomic mass is 79.9. The second kappa shape index (κ2) is 8.15. The number of ether oxygens (including phenoxy) is 3. The van der Waals surface area contributed by atoms with Gasteiger partial charge in [0, 0.05) is 10.0 Å². The molecular weight excluding hydrogens is 356 g/mol. The maximum absolute atomic E-state index is 5.90. The summed E-state index contributed by atoms with van der Waals surface area (Å²) in [6, 6.07) is 13.3. The highest BCUT2D eigenvalue weighted by Gasteiger charge is 2.05. The zero-order chi connectivity index (χ0) is 15.1. The van der Waals surface area contributed by atoms with Gasteiger partial charge in [-0.05, 0) is 30.3 Å². The van der Waals surface area contributed by atoms with Crippen molar-refractivity contribution >= 4 is 27.5 Å². The molecule has 0 aliphatic rings. The fraction of sp³-hybridized carbons (Fsp3) is 0.250. The summed E-state index contributed by atoms with van der Waals surface area (Å²) in [7, 11) is 1.62. The summed E-state index contributed by atoms with van der Waals surface area (Å²) in [4.78, 5) is 0. The third-order valence-corrected chi connectivity index (χ3v) is 3.62. The van der Waals surface area contributed by atoms with Crippen molar-refractivity contribution in [2.75, 3.05) is 20.3 Å². The lowest BCUT2D eigenvalue weighted by atomic mass is 10.2. The molecule has 0 aliphatic heterocycles. The minimum Gasteiger partial charge on any atom is -0.493 e. The first-order chi connectivity index (χ1) is 10.2. The summed E-state index contributed by atoms with van der Waals surface area (Å²) < 4.78 is 17.6. The van der Waals surface area contributed by atoms with E-state index >= 15 is 0 Å². The lowest BCUT2D eigenvalue weighted by Gasteiger charge is -2.12. The molecule has 0 radical (unpaired) electrons. The monoisotopic (exact) mass is 370 g/mol. The molecule has 0 fully saturated rings. The molecule has 0 unspecified atom stereocenters. The first kappa shape index (κ1) is 16.0. The molecule has 0 amide bonds. The van der Waals surface area contributed by atoms with Crippen LogP contribution >= 0.6 is 27.5 Å². The van der Waals surface area contributed by atoms with Crippen LogP contribution in [0.1, 0.15) is 5.56 Å². The van der Waals surface area contributed by atoms with Gasteiger partial charge in [0.1, 0.15) is 19.0 Å². The number of halogens is 2. The molecule has 112 valence electrons. The molecule has 2 aromatic rings. The van der Waals surface area contributed by atoms with Gasteiger partial charge in [-0.15, -0.1) is 11.6 Å². The van der Waals surface area contributed by atoms with Crippen molar-refractivity contribution in [3.8, 4) is 17.2 Å². The van der Waals surface area contributed by atoms with E-state index in [1.165, 1.54) is 0 Å². The van der Waals surface area contributed by atoms with Gasteiger partial charge in [0.25, 0.3) is 0 Å². The van der Waals surface area contributed by atoms with Gasteiger partial charge in [-0.1, -0.05) is 28.1 Å². The number of methoxy groups -OCH3 is 1. The molecule has 0 N–H and O–H groups in total. The molecule has 5 heteroatoms. The van der Waals surface area contributed by atoms with Crippen LogP contribution in [0.2, 0.25) is 0 Å². The van der Waals surface area contributed by atoms with Gasteiger partial charge in [-0.3, -0.25) is 0 Å². The molecular formula is C16H16BrClO3. The number of hydrogen-bond donors (Lipinski definition) is 0. The van der Waals surface area contributed by atoms with Crippen molar-refractivity contribution in [3.63, 3.8) is 0 Å². The Hall–Kier alpha value is -1.39. The molecule has 0 saturated carbocycles. The van der Waals surface area contributed by atoms with E-state index in [2.05, 4.69) is 15.9 Å². The zero-order valence-electron chi connectivity index (χ0n) is 11.6. The Balaban J connectivity index is 1.87. The van der Waals surface area contributed by atoms with Crippen molar-refractivity contribution < 1.29 is 14.2 Å². The van der Waals surface area contributed by atoms with Crippen LogP contribution in [-0.4, -0.2) is 20.3 Å². The van der Waals surface area contributed by atoms with E-state index in [1.807, 2.05) is 42.5 Å². The second-order valence-electron chi connectivity index (χ2n) is 4.23. The quantitative estimate of drug-likeness (QED) is 0.523. The van der Waals surface area contributed by atoms with Gasteiger partial charge < -0.3 is 14.2 Å². The van der Waals surface area contributed by atoms with Crippen molar-refractivity contribution in [1.29, 1.82) is 0 Å². The molecule has 21 heavy (non-hydrogen) atoms. The molecule has 0 saturated heterocycles. The van der Waals surface area contributed by atoms with E-state index < -0.39 is 0 Å². The van der Waals surface area contributed by atoms with Gasteiger partial charge in [0.2, 0.25) is 0 Å². The Morgan fingerprint density at radius 1 is 0.952 bits per heavy atom. The van der Waals surface area contributed by atoms with E-state index in [0.29, 0.717) is 30.6 Å². The Morgan fingerprint density at radius 2 is 1.62 bits per heavy atom. The predicted octanol–water partition coefficient (Wildman–Crippen LogP) is 4.65. The fourth-order valence-electron chi connectivity index (χ4n) is 1.83. The summed E-state index contributed by atoms with van der Waals surface area (Å²) in [6.45, 7) is 0.863. The van der Waals surface area contributed by atoms with Crippen molar-refractivity contribution in [3.05, 3.63) is 52.5 Å². The third-order valence-electron chi connectivity index (χ3n) is 2.83. The van der Waals surface area contributed by atoms with Gasteiger partial charge in [-0.25, -0.2) is 0 Å². The van der Waals surface area contributed by atoms with Crippen LogP contribution in [0, 0.1) is 0 Å². The van der Waals surface area contributed by atoms with E-state index in [1.54, 1.807) is 7.11 Å². The minimum atomic E-state index is 0.405. The zero-order valence-corrected chi connectivity index (χ0v) is 14.0. The molecule has 0 bridgehead atoms. The lowest BCUT2D eigenvalue weighted by Crippen LogP contribution is -2.10. The smallest absolute Gasteiger partial charge is 0.161 e. The van der Waals surface area contributed by atoms with Crippen LogP contribution in [0.15, 0.2) is 46.9 Å². The lowest BCUT2D eigenvalue weighted by molar-refractivity contribution is 0.210. The minimum absolute atomic E-state index is 0.405. The fourth-order valence-corrected chi connectivity index (χ4v) is 2.45. The molecule has 2 rings (SSSR count). The maximum Gasteiger partial charge on any atom is 0.161 e. The number of hydrogen-bond acceptors (Lipinski definition) is 3. The molecule has 2 aromatic carbocycles. The van der Waals surface area contributed by atoms with Gasteiger partial charge >= 0.3 is 0 Å². The largest absolute Gasteiger partial charge is 0.493 e. The highest BCUT2D eigenvalue weighted by Crippen LogP contribution is 2.26. The third kappa shape index (κ3) is 4.55. The summed E-state index contributed by atoms with van der Waals surface area (Å²) in [5.74, 6) is 2.60. The molecule has 0 heterocycles. The summed E-state index contributed by atoms with van der Waals surface area (Å²) in [5.41, 5.74) is 0.948. The van der Waals surface area contributed by atoms with Gasteiger partial charge in [0.05, 0.1) is 13.0 Å². The summed E-state index contributed by atoms with van der Waals surface area (Å²) in [5, 5.41) is 0. The number of alkyl halides is 1. The molecule has 0 atom stereocenters. The Kier molecular flexibility index (Phi) is 6.21. The number of benzene rings is 2. The standard InChI is InChI=1S/C16H16BrClO3/c1-19-15-4-2-3-5-16(15)21-9-8-20-14-7-6-13(17)10-12(14)11-18/h2-7,10H,8-9,11H2,1H3. The number of rotatable bonds is 7.